The van der Waals surface area contributed by atoms with Gasteiger partial charge in [0.1, 0.15) is 17.6 Å². The van der Waals surface area contributed by atoms with Gasteiger partial charge in [0.05, 0.1) is 5.39 Å². The minimum atomic E-state index is -1.12. The number of benzene rings is 2. The van der Waals surface area contributed by atoms with E-state index in [2.05, 4.69) is 15.6 Å². The second-order valence-corrected chi connectivity index (χ2v) is 7.59. The van der Waals surface area contributed by atoms with Crippen molar-refractivity contribution in [2.45, 2.75) is 38.8 Å². The fourth-order valence-electron chi connectivity index (χ4n) is 3.29. The molecule has 0 bridgehead atoms. The van der Waals surface area contributed by atoms with E-state index in [4.69, 9.17) is 0 Å². The Hall–Kier alpha value is -3.55. The zero-order valence-electron chi connectivity index (χ0n) is 16.9. The molecule has 2 atom stereocenters. The van der Waals surface area contributed by atoms with Crippen LogP contribution < -0.4 is 10.9 Å². The smallest absolute Gasteiger partial charge is 0.326 e. The second-order valence-electron chi connectivity index (χ2n) is 7.59. The first kappa shape index (κ1) is 21.2. The number of carboxylic acids is 1. The summed E-state index contributed by atoms with van der Waals surface area (Å²) >= 11 is 0. The summed E-state index contributed by atoms with van der Waals surface area (Å²) in [6.07, 6.45) is 0.449. The number of amides is 1. The lowest BCUT2D eigenvalue weighted by Gasteiger charge is -2.22. The molecule has 1 heterocycles. The largest absolute Gasteiger partial charge is 0.480 e. The molecule has 0 aliphatic rings. The van der Waals surface area contributed by atoms with Crippen LogP contribution in [0.1, 0.15) is 31.9 Å². The summed E-state index contributed by atoms with van der Waals surface area (Å²) in [7, 11) is 0. The number of aliphatic carboxylic acids is 1. The Balaban J connectivity index is 2.00. The van der Waals surface area contributed by atoms with Gasteiger partial charge in [-0.05, 0) is 30.0 Å². The number of carbonyl (C=O) groups excluding carboxylic acids is 1. The van der Waals surface area contributed by atoms with Gasteiger partial charge < -0.3 is 10.4 Å². The summed E-state index contributed by atoms with van der Waals surface area (Å²) in [5.41, 5.74) is 0.795. The van der Waals surface area contributed by atoms with E-state index >= 15 is 0 Å². The summed E-state index contributed by atoms with van der Waals surface area (Å²) in [6, 6.07) is 13.8. The Morgan fingerprint density at radius 3 is 2.40 bits per heavy atom. The molecule has 156 valence electrons. The molecule has 0 spiro atoms. The molecule has 8 nitrogen and oxygen atoms in total. The summed E-state index contributed by atoms with van der Waals surface area (Å²) in [5.74, 6) is -1.63. The highest BCUT2D eigenvalue weighted by Gasteiger charge is 2.29. The van der Waals surface area contributed by atoms with Gasteiger partial charge in [-0.1, -0.05) is 61.5 Å². The van der Waals surface area contributed by atoms with Crippen LogP contribution >= 0.6 is 0 Å². The van der Waals surface area contributed by atoms with E-state index in [1.165, 1.54) is 0 Å². The lowest BCUT2D eigenvalue weighted by atomic mass is 10.0. The SMILES string of the molecule is CC(C)CC(NC(=O)C(Cc1ccccc1)n1nnc2ccccc2c1=O)C(=O)O. The maximum Gasteiger partial charge on any atom is 0.326 e. The average molecular weight is 408 g/mol. The molecule has 0 aliphatic carbocycles. The van der Waals surface area contributed by atoms with Crippen molar-refractivity contribution in [2.24, 2.45) is 5.92 Å². The van der Waals surface area contributed by atoms with Crippen LogP contribution in [0.4, 0.5) is 0 Å². The first-order valence-corrected chi connectivity index (χ1v) is 9.78. The Morgan fingerprint density at radius 1 is 1.07 bits per heavy atom. The molecule has 2 N–H and O–H groups in total. The summed E-state index contributed by atoms with van der Waals surface area (Å²) in [5, 5.41) is 20.5. The van der Waals surface area contributed by atoms with E-state index in [0.717, 1.165) is 10.2 Å². The third-order valence-electron chi connectivity index (χ3n) is 4.78. The molecular formula is C22H24N4O4. The molecular weight excluding hydrogens is 384 g/mol. The summed E-state index contributed by atoms with van der Waals surface area (Å²) in [4.78, 5) is 37.8. The zero-order valence-corrected chi connectivity index (χ0v) is 16.9. The Labute approximate surface area is 173 Å². The first-order valence-electron chi connectivity index (χ1n) is 9.78. The summed E-state index contributed by atoms with van der Waals surface area (Å²) < 4.78 is 1.04. The third kappa shape index (κ3) is 4.89. The van der Waals surface area contributed by atoms with Crippen LogP contribution in [0.25, 0.3) is 10.9 Å². The van der Waals surface area contributed by atoms with Crippen LogP contribution in [0.3, 0.4) is 0 Å². The Morgan fingerprint density at radius 2 is 1.73 bits per heavy atom. The number of hydrogen-bond donors (Lipinski definition) is 2. The van der Waals surface area contributed by atoms with Crippen LogP contribution in [0.15, 0.2) is 59.4 Å². The normalized spacial score (nSPS) is 13.2. The maximum absolute atomic E-state index is 13.1. The Bertz CT molecular complexity index is 1090. The highest BCUT2D eigenvalue weighted by atomic mass is 16.4. The van der Waals surface area contributed by atoms with Gasteiger partial charge in [-0.2, -0.15) is 4.68 Å². The molecule has 2 aromatic carbocycles. The van der Waals surface area contributed by atoms with E-state index in [-0.39, 0.29) is 18.8 Å². The molecule has 1 amide bonds. The monoisotopic (exact) mass is 408 g/mol. The van der Waals surface area contributed by atoms with Crippen LogP contribution in [0.5, 0.6) is 0 Å². The molecule has 0 radical (unpaired) electrons. The number of carboxylic acid groups (broad SMARTS) is 1. The number of aromatic nitrogens is 3. The van der Waals surface area contributed by atoms with Crippen molar-refractivity contribution in [1.29, 1.82) is 0 Å². The average Bonchev–Trinajstić information content (AvgIpc) is 2.72. The van der Waals surface area contributed by atoms with Crippen LogP contribution in [0.2, 0.25) is 0 Å². The van der Waals surface area contributed by atoms with Gasteiger partial charge in [-0.25, -0.2) is 4.79 Å². The number of rotatable bonds is 8. The number of hydrogen-bond acceptors (Lipinski definition) is 5. The number of nitrogens with one attached hydrogen (secondary N) is 1. The van der Waals surface area contributed by atoms with Crippen LogP contribution in [-0.2, 0) is 16.0 Å². The van der Waals surface area contributed by atoms with Crippen molar-refractivity contribution in [1.82, 2.24) is 20.3 Å². The topological polar surface area (TPSA) is 114 Å². The fraction of sp³-hybridized carbons (Fsp3) is 0.318. The number of nitrogens with zero attached hydrogens (tertiary/aromatic N) is 3. The van der Waals surface area contributed by atoms with E-state index < -0.39 is 29.5 Å². The van der Waals surface area contributed by atoms with Crippen molar-refractivity contribution in [3.8, 4) is 0 Å². The van der Waals surface area contributed by atoms with E-state index in [1.807, 2.05) is 44.2 Å². The van der Waals surface area contributed by atoms with E-state index in [9.17, 15) is 19.5 Å². The van der Waals surface area contributed by atoms with Gasteiger partial charge in [-0.3, -0.25) is 9.59 Å². The van der Waals surface area contributed by atoms with Crippen molar-refractivity contribution in [2.75, 3.05) is 0 Å². The summed E-state index contributed by atoms with van der Waals surface area (Å²) in [6.45, 7) is 3.76. The number of carbonyl (C=O) groups is 2. The molecule has 3 aromatic rings. The third-order valence-corrected chi connectivity index (χ3v) is 4.78. The molecule has 30 heavy (non-hydrogen) atoms. The van der Waals surface area contributed by atoms with Gasteiger partial charge in [-0.15, -0.1) is 5.10 Å². The second kappa shape index (κ2) is 9.30. The van der Waals surface area contributed by atoms with E-state index in [1.54, 1.807) is 24.3 Å². The molecule has 0 aliphatic heterocycles. The first-order chi connectivity index (χ1) is 14.4. The van der Waals surface area contributed by atoms with Gasteiger partial charge in [0.2, 0.25) is 5.91 Å². The van der Waals surface area contributed by atoms with Crippen molar-refractivity contribution < 1.29 is 14.7 Å². The zero-order chi connectivity index (χ0) is 21.7. The molecule has 3 rings (SSSR count). The molecule has 0 saturated carbocycles. The molecule has 2 unspecified atom stereocenters. The van der Waals surface area contributed by atoms with Gasteiger partial charge in [0.25, 0.3) is 5.56 Å². The van der Waals surface area contributed by atoms with Crippen molar-refractivity contribution >= 4 is 22.8 Å². The fourth-order valence-corrected chi connectivity index (χ4v) is 3.29. The van der Waals surface area contributed by atoms with Crippen molar-refractivity contribution in [3.63, 3.8) is 0 Å². The Kier molecular flexibility index (Phi) is 6.56. The lowest BCUT2D eigenvalue weighted by molar-refractivity contribution is -0.142. The predicted octanol–water partition coefficient (Wildman–Crippen LogP) is 2.19. The predicted molar refractivity (Wildman–Crippen MR) is 112 cm³/mol. The van der Waals surface area contributed by atoms with Crippen LogP contribution in [-0.4, -0.2) is 38.0 Å². The molecule has 0 fully saturated rings. The highest BCUT2D eigenvalue weighted by Crippen LogP contribution is 2.15. The van der Waals surface area contributed by atoms with Gasteiger partial charge >= 0.3 is 5.97 Å². The maximum atomic E-state index is 13.1. The van der Waals surface area contributed by atoms with E-state index in [0.29, 0.717) is 10.9 Å². The van der Waals surface area contributed by atoms with Crippen molar-refractivity contribution in [3.05, 3.63) is 70.5 Å². The molecule has 1 aromatic heterocycles. The molecule has 0 saturated heterocycles. The lowest BCUT2D eigenvalue weighted by Crippen LogP contribution is -2.47. The number of fused-ring (bicyclic) bond motifs is 1. The van der Waals surface area contributed by atoms with Crippen LogP contribution in [0, 0.1) is 5.92 Å². The molecule has 8 heteroatoms. The van der Waals surface area contributed by atoms with Gasteiger partial charge in [0.15, 0.2) is 0 Å². The minimum absolute atomic E-state index is 0.0714. The minimum Gasteiger partial charge on any atom is -0.480 e. The standard InChI is InChI=1S/C22H24N4O4/c1-14(2)12-18(22(29)30)23-20(27)19(13-15-8-4-3-5-9-15)26-21(28)16-10-6-7-11-17(16)24-25-26/h3-11,14,18-19H,12-13H2,1-2H3,(H,23,27)(H,29,30). The highest BCUT2D eigenvalue weighted by molar-refractivity contribution is 5.86. The quantitative estimate of drug-likeness (QED) is 0.591. The van der Waals surface area contributed by atoms with Gasteiger partial charge in [0, 0.05) is 6.42 Å².